The summed E-state index contributed by atoms with van der Waals surface area (Å²) in [7, 11) is 0. The first kappa shape index (κ1) is 19.4. The van der Waals surface area contributed by atoms with Crippen molar-refractivity contribution >= 4 is 23.3 Å². The maximum absolute atomic E-state index is 12.9. The summed E-state index contributed by atoms with van der Waals surface area (Å²) in [5.74, 6) is -1.90. The van der Waals surface area contributed by atoms with Crippen molar-refractivity contribution in [1.29, 1.82) is 5.41 Å². The fourth-order valence-corrected chi connectivity index (χ4v) is 3.18. The molecule has 2 aliphatic rings. The number of benzene rings is 1. The van der Waals surface area contributed by atoms with Gasteiger partial charge in [-0.2, -0.15) is 0 Å². The van der Waals surface area contributed by atoms with E-state index in [0.29, 0.717) is 25.0 Å². The molecule has 2 unspecified atom stereocenters. The lowest BCUT2D eigenvalue weighted by molar-refractivity contribution is -0.139. The Morgan fingerprint density at radius 1 is 1.32 bits per heavy atom. The van der Waals surface area contributed by atoms with Crippen LogP contribution in [0.1, 0.15) is 18.4 Å². The van der Waals surface area contributed by atoms with Crippen molar-refractivity contribution in [2.24, 2.45) is 11.7 Å². The van der Waals surface area contributed by atoms with Crippen molar-refractivity contribution in [2.45, 2.75) is 25.9 Å². The molecule has 7 heteroatoms. The van der Waals surface area contributed by atoms with Gasteiger partial charge in [-0.15, -0.1) is 0 Å². The predicted octanol–water partition coefficient (Wildman–Crippen LogP) is 1.29. The summed E-state index contributed by atoms with van der Waals surface area (Å²) in [5.41, 5.74) is 13.2. The molecule has 7 nitrogen and oxygen atoms in total. The van der Waals surface area contributed by atoms with Gasteiger partial charge in [0.2, 0.25) is 5.91 Å². The summed E-state index contributed by atoms with van der Waals surface area (Å²) in [6.45, 7) is 2.53. The van der Waals surface area contributed by atoms with E-state index in [0.717, 1.165) is 11.3 Å². The van der Waals surface area contributed by atoms with Gasteiger partial charge in [0.1, 0.15) is 11.9 Å². The zero-order chi connectivity index (χ0) is 20.3. The van der Waals surface area contributed by atoms with E-state index in [4.69, 9.17) is 11.1 Å². The third-order valence-corrected chi connectivity index (χ3v) is 4.77. The van der Waals surface area contributed by atoms with E-state index in [-0.39, 0.29) is 17.4 Å². The number of amidine groups is 1. The van der Waals surface area contributed by atoms with Crippen molar-refractivity contribution in [3.05, 3.63) is 64.7 Å². The second-order valence-electron chi connectivity index (χ2n) is 6.83. The number of allylic oxidation sites excluding steroid dienone is 1. The molecule has 1 fully saturated rings. The SMILES string of the molecule is Cc1ccc(N2CCCC(C(O)C(=O)NC3=C=C=C(C(=N)N)C=C3)C2=O)cc1. The molecule has 0 aromatic heterocycles. The number of rotatable bonds is 5. The normalized spacial score (nSPS) is 19.7. The minimum absolute atomic E-state index is 0.154. The highest BCUT2D eigenvalue weighted by molar-refractivity contribution is 6.00. The number of aliphatic hydroxyl groups excluding tert-OH is 1. The maximum atomic E-state index is 12.9. The molecule has 1 heterocycles. The molecule has 2 amide bonds. The molecule has 1 aromatic carbocycles. The van der Waals surface area contributed by atoms with Gasteiger partial charge < -0.3 is 21.1 Å². The second kappa shape index (κ2) is 8.11. The highest BCUT2D eigenvalue weighted by Gasteiger charge is 2.38. The highest BCUT2D eigenvalue weighted by Crippen LogP contribution is 2.27. The van der Waals surface area contributed by atoms with Crippen molar-refractivity contribution < 1.29 is 14.7 Å². The van der Waals surface area contributed by atoms with E-state index in [1.165, 1.54) is 12.2 Å². The summed E-state index contributed by atoms with van der Waals surface area (Å²) < 4.78 is 0. The zero-order valence-corrected chi connectivity index (χ0v) is 15.5. The number of aliphatic hydroxyl groups is 1. The second-order valence-corrected chi connectivity index (χ2v) is 6.83. The van der Waals surface area contributed by atoms with Crippen LogP contribution in [0, 0.1) is 18.3 Å². The van der Waals surface area contributed by atoms with Crippen molar-refractivity contribution in [3.63, 3.8) is 0 Å². The number of nitrogens with two attached hydrogens (primary N) is 1. The van der Waals surface area contributed by atoms with Gasteiger partial charge in [0.15, 0.2) is 0 Å². The molecule has 28 heavy (non-hydrogen) atoms. The van der Waals surface area contributed by atoms with E-state index in [2.05, 4.69) is 16.8 Å². The van der Waals surface area contributed by atoms with Crippen LogP contribution in [0.5, 0.6) is 0 Å². The van der Waals surface area contributed by atoms with Crippen LogP contribution in [0.25, 0.3) is 0 Å². The van der Waals surface area contributed by atoms with Crippen molar-refractivity contribution in [2.75, 3.05) is 11.4 Å². The third kappa shape index (κ3) is 4.13. The van der Waals surface area contributed by atoms with Gasteiger partial charge in [-0.1, -0.05) is 23.4 Å². The predicted molar refractivity (Wildman–Crippen MR) is 106 cm³/mol. The number of hydrogen-bond donors (Lipinski definition) is 4. The Kier molecular flexibility index (Phi) is 5.62. The number of hydrogen-bond acceptors (Lipinski definition) is 4. The minimum Gasteiger partial charge on any atom is -0.383 e. The van der Waals surface area contributed by atoms with Crippen LogP contribution in [-0.4, -0.2) is 35.4 Å². The Labute approximate surface area is 163 Å². The van der Waals surface area contributed by atoms with E-state index in [9.17, 15) is 14.7 Å². The first-order valence-electron chi connectivity index (χ1n) is 9.02. The average molecular weight is 378 g/mol. The monoisotopic (exact) mass is 378 g/mol. The van der Waals surface area contributed by atoms with Crippen LogP contribution >= 0.6 is 0 Å². The van der Waals surface area contributed by atoms with Gasteiger partial charge in [-0.25, -0.2) is 0 Å². The molecule has 0 radical (unpaired) electrons. The molecule has 3 rings (SSSR count). The van der Waals surface area contributed by atoms with Crippen LogP contribution in [0.15, 0.2) is 59.2 Å². The largest absolute Gasteiger partial charge is 0.383 e. The van der Waals surface area contributed by atoms with Gasteiger partial charge in [-0.3, -0.25) is 15.0 Å². The van der Waals surface area contributed by atoms with Gasteiger partial charge in [0.25, 0.3) is 5.91 Å². The molecule has 1 aromatic rings. The molecule has 5 N–H and O–H groups in total. The topological polar surface area (TPSA) is 120 Å². The molecule has 0 saturated carbocycles. The number of nitrogens with zero attached hydrogens (tertiary/aromatic N) is 1. The molecule has 2 atom stereocenters. The average Bonchev–Trinajstić information content (AvgIpc) is 2.69. The van der Waals surface area contributed by atoms with E-state index in [1.807, 2.05) is 31.2 Å². The quantitative estimate of drug-likeness (QED) is 0.350. The number of carbonyl (C=O) groups is 2. The first-order chi connectivity index (χ1) is 13.4. The van der Waals surface area contributed by atoms with E-state index < -0.39 is 17.9 Å². The smallest absolute Gasteiger partial charge is 0.254 e. The summed E-state index contributed by atoms with van der Waals surface area (Å²) in [5, 5.41) is 20.3. The number of piperidine rings is 1. The van der Waals surface area contributed by atoms with Crippen LogP contribution in [0.4, 0.5) is 5.69 Å². The lowest BCUT2D eigenvalue weighted by Crippen LogP contribution is -2.50. The Morgan fingerprint density at radius 2 is 2.04 bits per heavy atom. The first-order valence-corrected chi connectivity index (χ1v) is 9.02. The standard InChI is InChI=1S/C21H22N4O3/c1-13-4-10-16(11-5-13)25-12-2-3-17(21(25)28)18(26)20(27)24-15-8-6-14(7-9-15)19(22)23/h4-6,8,10-11,17-18,26H,2-3,12H2,1H3,(H3,22,23)(H,24,27). The Hall–Kier alpha value is -3.37. The fraction of sp³-hybridized carbons (Fsp3) is 0.286. The van der Waals surface area contributed by atoms with E-state index >= 15 is 0 Å². The fourth-order valence-electron chi connectivity index (χ4n) is 3.18. The number of amides is 2. The summed E-state index contributed by atoms with van der Waals surface area (Å²) in [4.78, 5) is 26.9. The van der Waals surface area contributed by atoms with Crippen LogP contribution in [0.2, 0.25) is 0 Å². The maximum Gasteiger partial charge on any atom is 0.254 e. The van der Waals surface area contributed by atoms with Crippen LogP contribution in [-0.2, 0) is 9.59 Å². The van der Waals surface area contributed by atoms with Gasteiger partial charge >= 0.3 is 0 Å². The molecule has 1 aliphatic heterocycles. The highest BCUT2D eigenvalue weighted by atomic mass is 16.3. The Balaban J connectivity index is 1.72. The van der Waals surface area contributed by atoms with Crippen LogP contribution < -0.4 is 16.0 Å². The molecular formula is C21H22N4O3. The van der Waals surface area contributed by atoms with Crippen molar-refractivity contribution in [1.82, 2.24) is 5.32 Å². The van der Waals surface area contributed by atoms with Gasteiger partial charge in [0, 0.05) is 12.2 Å². The van der Waals surface area contributed by atoms with Crippen molar-refractivity contribution in [3.8, 4) is 0 Å². The third-order valence-electron chi connectivity index (χ3n) is 4.77. The Morgan fingerprint density at radius 3 is 2.64 bits per heavy atom. The lowest BCUT2D eigenvalue weighted by atomic mass is 9.90. The molecule has 1 saturated heterocycles. The number of carbonyl (C=O) groups excluding carboxylic acids is 2. The molecular weight excluding hydrogens is 356 g/mol. The molecule has 0 spiro atoms. The lowest BCUT2D eigenvalue weighted by Gasteiger charge is -2.34. The van der Waals surface area contributed by atoms with Gasteiger partial charge in [0.05, 0.1) is 17.2 Å². The molecule has 0 bridgehead atoms. The molecule has 144 valence electrons. The zero-order valence-electron chi connectivity index (χ0n) is 15.5. The minimum atomic E-state index is -1.47. The number of anilines is 1. The number of nitrogens with one attached hydrogen (secondary N) is 2. The summed E-state index contributed by atoms with van der Waals surface area (Å²) in [6.07, 6.45) is 2.70. The van der Waals surface area contributed by atoms with Crippen LogP contribution in [0.3, 0.4) is 0 Å². The van der Waals surface area contributed by atoms with E-state index in [1.54, 1.807) is 4.90 Å². The Bertz CT molecular complexity index is 948. The summed E-state index contributed by atoms with van der Waals surface area (Å²) >= 11 is 0. The van der Waals surface area contributed by atoms with Gasteiger partial charge in [-0.05, 0) is 49.8 Å². The number of aryl methyl sites for hydroxylation is 1. The summed E-state index contributed by atoms with van der Waals surface area (Å²) in [6, 6.07) is 7.58. The molecule has 1 aliphatic carbocycles.